The maximum absolute atomic E-state index is 13.4. The topological polar surface area (TPSA) is 42.0 Å². The summed E-state index contributed by atoms with van der Waals surface area (Å²) in [5, 5.41) is 2.92. The molecule has 0 aromatic carbocycles. The first-order valence-corrected chi connectivity index (χ1v) is 6.69. The number of hydrogen-bond acceptors (Lipinski definition) is 2. The lowest BCUT2D eigenvalue weighted by Gasteiger charge is -2.21. The van der Waals surface area contributed by atoms with E-state index in [1.54, 1.807) is 6.07 Å². The highest BCUT2D eigenvalue weighted by molar-refractivity contribution is 5.94. The van der Waals surface area contributed by atoms with E-state index in [0.29, 0.717) is 0 Å². The van der Waals surface area contributed by atoms with Crippen molar-refractivity contribution < 1.29 is 9.18 Å². The zero-order chi connectivity index (χ0) is 12.8. The summed E-state index contributed by atoms with van der Waals surface area (Å²) < 4.78 is 13.4. The smallest absolute Gasteiger partial charge is 0.256 e. The van der Waals surface area contributed by atoms with E-state index in [-0.39, 0.29) is 17.5 Å². The Labute approximate surface area is 107 Å². The molecule has 0 saturated heterocycles. The zero-order valence-electron chi connectivity index (χ0n) is 10.5. The largest absolute Gasteiger partial charge is 0.349 e. The van der Waals surface area contributed by atoms with Gasteiger partial charge in [-0.05, 0) is 25.0 Å². The lowest BCUT2D eigenvalue weighted by Crippen LogP contribution is -2.35. The Hall–Kier alpha value is -1.45. The Morgan fingerprint density at radius 3 is 2.56 bits per heavy atom. The molecule has 3 nitrogen and oxygen atoms in total. The van der Waals surface area contributed by atoms with Crippen LogP contribution in [0.4, 0.5) is 4.39 Å². The van der Waals surface area contributed by atoms with Crippen LogP contribution in [0.15, 0.2) is 18.3 Å². The number of amides is 1. The summed E-state index contributed by atoms with van der Waals surface area (Å²) in [5.41, 5.74) is 0.0413. The van der Waals surface area contributed by atoms with Crippen LogP contribution in [-0.4, -0.2) is 16.9 Å². The first-order chi connectivity index (χ1) is 8.77. The summed E-state index contributed by atoms with van der Waals surface area (Å²) in [6.45, 7) is 0. The van der Waals surface area contributed by atoms with Gasteiger partial charge in [0.2, 0.25) is 5.95 Å². The van der Waals surface area contributed by atoms with Crippen LogP contribution in [0.2, 0.25) is 0 Å². The second-order valence-corrected chi connectivity index (χ2v) is 4.86. The van der Waals surface area contributed by atoms with Crippen molar-refractivity contribution in [3.05, 3.63) is 29.8 Å². The van der Waals surface area contributed by atoms with Gasteiger partial charge in [0.05, 0.1) is 5.56 Å². The van der Waals surface area contributed by atoms with Crippen molar-refractivity contribution in [2.24, 2.45) is 0 Å². The van der Waals surface area contributed by atoms with Gasteiger partial charge in [-0.1, -0.05) is 32.1 Å². The first kappa shape index (κ1) is 13.0. The van der Waals surface area contributed by atoms with E-state index < -0.39 is 5.95 Å². The van der Waals surface area contributed by atoms with Crippen molar-refractivity contribution in [2.45, 2.75) is 51.0 Å². The van der Waals surface area contributed by atoms with Gasteiger partial charge in [0.25, 0.3) is 5.91 Å². The maximum atomic E-state index is 13.4. The number of aromatic nitrogens is 1. The second-order valence-electron chi connectivity index (χ2n) is 4.86. The van der Waals surface area contributed by atoms with Crippen LogP contribution in [0.3, 0.4) is 0 Å². The van der Waals surface area contributed by atoms with Gasteiger partial charge >= 0.3 is 0 Å². The minimum atomic E-state index is -0.694. The van der Waals surface area contributed by atoms with Gasteiger partial charge in [0, 0.05) is 12.2 Å². The molecule has 0 bridgehead atoms. The Bertz CT molecular complexity index is 401. The molecule has 1 aromatic heterocycles. The van der Waals surface area contributed by atoms with E-state index >= 15 is 0 Å². The van der Waals surface area contributed by atoms with Crippen LogP contribution in [0.1, 0.15) is 55.3 Å². The van der Waals surface area contributed by atoms with Crippen molar-refractivity contribution >= 4 is 5.91 Å². The third kappa shape index (κ3) is 3.52. The lowest BCUT2D eigenvalue weighted by atomic mass is 9.96. The number of carbonyl (C=O) groups excluding carboxylic acids is 1. The van der Waals surface area contributed by atoms with E-state index in [1.807, 2.05) is 0 Å². The van der Waals surface area contributed by atoms with E-state index in [9.17, 15) is 9.18 Å². The van der Waals surface area contributed by atoms with Gasteiger partial charge in [0.15, 0.2) is 0 Å². The van der Waals surface area contributed by atoms with Crippen molar-refractivity contribution in [1.82, 2.24) is 10.3 Å². The van der Waals surface area contributed by atoms with Crippen LogP contribution < -0.4 is 5.32 Å². The molecule has 0 aliphatic heterocycles. The minimum absolute atomic E-state index is 0.0413. The molecule has 2 rings (SSSR count). The van der Waals surface area contributed by atoms with E-state index in [4.69, 9.17) is 0 Å². The number of nitrogens with one attached hydrogen (secondary N) is 1. The normalized spacial score (nSPS) is 17.8. The number of halogens is 1. The average molecular weight is 250 g/mol. The van der Waals surface area contributed by atoms with Gasteiger partial charge in [0.1, 0.15) is 0 Å². The SMILES string of the molecule is O=C(NC1CCCCCCC1)c1cccnc1F. The summed E-state index contributed by atoms with van der Waals surface area (Å²) in [4.78, 5) is 15.4. The predicted octanol–water partition coefficient (Wildman–Crippen LogP) is 3.06. The molecular weight excluding hydrogens is 231 g/mol. The van der Waals surface area contributed by atoms with E-state index in [1.165, 1.54) is 31.5 Å². The number of rotatable bonds is 2. The van der Waals surface area contributed by atoms with Gasteiger partial charge in [-0.2, -0.15) is 4.39 Å². The highest BCUT2D eigenvalue weighted by atomic mass is 19.1. The van der Waals surface area contributed by atoms with Crippen LogP contribution >= 0.6 is 0 Å². The highest BCUT2D eigenvalue weighted by Gasteiger charge is 2.17. The van der Waals surface area contributed by atoms with Crippen molar-refractivity contribution in [3.63, 3.8) is 0 Å². The molecule has 18 heavy (non-hydrogen) atoms. The fraction of sp³-hybridized carbons (Fsp3) is 0.571. The monoisotopic (exact) mass is 250 g/mol. The van der Waals surface area contributed by atoms with Crippen molar-refractivity contribution in [1.29, 1.82) is 0 Å². The Balaban J connectivity index is 1.95. The molecule has 1 N–H and O–H groups in total. The molecule has 1 aliphatic carbocycles. The molecule has 4 heteroatoms. The van der Waals surface area contributed by atoms with E-state index in [0.717, 1.165) is 25.7 Å². The van der Waals surface area contributed by atoms with Gasteiger partial charge in [-0.25, -0.2) is 4.98 Å². The Kier molecular flexibility index (Phi) is 4.67. The summed E-state index contributed by atoms with van der Waals surface area (Å²) in [5.74, 6) is -1.04. The first-order valence-electron chi connectivity index (χ1n) is 6.69. The van der Waals surface area contributed by atoms with Crippen LogP contribution in [0, 0.1) is 5.95 Å². The Morgan fingerprint density at radius 1 is 1.22 bits per heavy atom. The molecule has 1 aromatic rings. The molecule has 1 saturated carbocycles. The summed E-state index contributed by atoms with van der Waals surface area (Å²) in [7, 11) is 0. The minimum Gasteiger partial charge on any atom is -0.349 e. The van der Waals surface area contributed by atoms with Gasteiger partial charge < -0.3 is 5.32 Å². The molecule has 98 valence electrons. The Morgan fingerprint density at radius 2 is 1.89 bits per heavy atom. The summed E-state index contributed by atoms with van der Waals surface area (Å²) in [6.07, 6.45) is 9.36. The average Bonchev–Trinajstić information content (AvgIpc) is 2.33. The number of carbonyl (C=O) groups is 1. The molecule has 0 unspecified atom stereocenters. The van der Waals surface area contributed by atoms with Gasteiger partial charge in [-0.15, -0.1) is 0 Å². The molecule has 0 atom stereocenters. The van der Waals surface area contributed by atoms with Crippen LogP contribution in [0.5, 0.6) is 0 Å². The third-order valence-electron chi connectivity index (χ3n) is 3.44. The number of hydrogen-bond donors (Lipinski definition) is 1. The molecule has 1 fully saturated rings. The van der Waals surface area contributed by atoms with Gasteiger partial charge in [-0.3, -0.25) is 4.79 Å². The molecular formula is C14H19FN2O. The third-order valence-corrected chi connectivity index (χ3v) is 3.44. The molecule has 0 spiro atoms. The molecule has 1 heterocycles. The lowest BCUT2D eigenvalue weighted by molar-refractivity contribution is 0.0925. The maximum Gasteiger partial charge on any atom is 0.256 e. The molecule has 1 aliphatic rings. The standard InChI is InChI=1S/C14H19FN2O/c15-13-12(9-6-10-16-13)14(18)17-11-7-4-2-1-3-5-8-11/h6,9-11H,1-5,7-8H2,(H,17,18). The highest BCUT2D eigenvalue weighted by Crippen LogP contribution is 2.17. The zero-order valence-corrected chi connectivity index (χ0v) is 10.5. The fourth-order valence-corrected chi connectivity index (χ4v) is 2.42. The molecule has 0 radical (unpaired) electrons. The summed E-state index contributed by atoms with van der Waals surface area (Å²) in [6, 6.07) is 3.23. The second kappa shape index (κ2) is 6.47. The number of nitrogens with zero attached hydrogens (tertiary/aromatic N) is 1. The van der Waals surface area contributed by atoms with Crippen LogP contribution in [-0.2, 0) is 0 Å². The quantitative estimate of drug-likeness (QED) is 0.820. The van der Waals surface area contributed by atoms with Crippen LogP contribution in [0.25, 0.3) is 0 Å². The van der Waals surface area contributed by atoms with E-state index in [2.05, 4.69) is 10.3 Å². The number of pyridine rings is 1. The van der Waals surface area contributed by atoms with Crippen molar-refractivity contribution in [2.75, 3.05) is 0 Å². The fourth-order valence-electron chi connectivity index (χ4n) is 2.42. The molecule has 1 amide bonds. The predicted molar refractivity (Wildman–Crippen MR) is 67.8 cm³/mol. The summed E-state index contributed by atoms with van der Waals surface area (Å²) >= 11 is 0. The van der Waals surface area contributed by atoms with Crippen molar-refractivity contribution in [3.8, 4) is 0 Å².